The highest BCUT2D eigenvalue weighted by Gasteiger charge is 2.28. The van der Waals surface area contributed by atoms with Crippen molar-refractivity contribution in [2.45, 2.75) is 12.3 Å². The third-order valence-corrected chi connectivity index (χ3v) is 5.11. The zero-order chi connectivity index (χ0) is 16.2. The second-order valence-corrected chi connectivity index (χ2v) is 6.90. The fourth-order valence-electron chi connectivity index (χ4n) is 2.93. The highest BCUT2D eigenvalue weighted by molar-refractivity contribution is 6.42. The van der Waals surface area contributed by atoms with E-state index in [1.54, 1.807) is 18.3 Å². The van der Waals surface area contributed by atoms with Crippen LogP contribution >= 0.6 is 34.8 Å². The van der Waals surface area contributed by atoms with Gasteiger partial charge in [-0.1, -0.05) is 40.9 Å². The number of pyridine rings is 1. The number of nitrogens with one attached hydrogen (secondary N) is 1. The first-order valence-corrected chi connectivity index (χ1v) is 8.67. The molecule has 0 radical (unpaired) electrons. The molecule has 1 aromatic carbocycles. The lowest BCUT2D eigenvalue weighted by Gasteiger charge is -2.19. The van der Waals surface area contributed by atoms with Crippen molar-refractivity contribution in [1.82, 2.24) is 10.3 Å². The maximum absolute atomic E-state index is 6.14. The molecule has 0 bridgehead atoms. The summed E-state index contributed by atoms with van der Waals surface area (Å²) < 4.78 is 5.71. The van der Waals surface area contributed by atoms with Gasteiger partial charge in [-0.3, -0.25) is 0 Å². The van der Waals surface area contributed by atoms with Crippen LogP contribution in [0.3, 0.4) is 0 Å². The Morgan fingerprint density at radius 2 is 1.96 bits per heavy atom. The first kappa shape index (κ1) is 16.8. The van der Waals surface area contributed by atoms with Crippen molar-refractivity contribution >= 4 is 34.8 Å². The van der Waals surface area contributed by atoms with Gasteiger partial charge in [-0.15, -0.1) is 0 Å². The molecule has 2 atom stereocenters. The lowest BCUT2D eigenvalue weighted by atomic mass is 9.87. The number of nitrogens with zero attached hydrogens (tertiary/aromatic N) is 1. The molecule has 1 fully saturated rings. The van der Waals surface area contributed by atoms with Gasteiger partial charge in [-0.05, 0) is 42.6 Å². The molecule has 122 valence electrons. The minimum atomic E-state index is 0.423. The van der Waals surface area contributed by atoms with Gasteiger partial charge in [0.25, 0.3) is 0 Å². The van der Waals surface area contributed by atoms with Crippen LogP contribution in [0.5, 0.6) is 5.88 Å². The van der Waals surface area contributed by atoms with Crippen molar-refractivity contribution in [3.63, 3.8) is 0 Å². The molecule has 1 aromatic heterocycles. The third-order valence-electron chi connectivity index (χ3n) is 4.15. The van der Waals surface area contributed by atoms with Gasteiger partial charge < -0.3 is 10.1 Å². The molecular weight excluding hydrogens is 355 g/mol. The number of aromatic nitrogens is 1. The Hall–Kier alpha value is -1.00. The third kappa shape index (κ3) is 4.30. The standard InChI is InChI=1S/C17H17Cl3N2O/c18-13-2-4-17(22-9-13)23-6-5-12-8-21-10-14(12)11-1-3-15(19)16(20)7-11/h1-4,7,9,12,14,21H,5-6,8,10H2/t12-,14-/m1/s1. The predicted octanol–water partition coefficient (Wildman–Crippen LogP) is 4.81. The van der Waals surface area contributed by atoms with Crippen molar-refractivity contribution in [3.05, 3.63) is 57.2 Å². The summed E-state index contributed by atoms with van der Waals surface area (Å²) in [4.78, 5) is 4.14. The summed E-state index contributed by atoms with van der Waals surface area (Å²) in [7, 11) is 0. The van der Waals surface area contributed by atoms with E-state index in [1.807, 2.05) is 12.1 Å². The number of ether oxygens (including phenoxy) is 1. The Morgan fingerprint density at radius 3 is 2.70 bits per heavy atom. The molecular formula is C17H17Cl3N2O. The molecule has 0 amide bonds. The Morgan fingerprint density at radius 1 is 1.09 bits per heavy atom. The second-order valence-electron chi connectivity index (χ2n) is 5.65. The molecule has 3 rings (SSSR count). The number of halogens is 3. The Kier molecular flexibility index (Phi) is 5.65. The van der Waals surface area contributed by atoms with E-state index >= 15 is 0 Å². The van der Waals surface area contributed by atoms with E-state index in [2.05, 4.69) is 16.4 Å². The highest BCUT2D eigenvalue weighted by atomic mass is 35.5. The number of hydrogen-bond donors (Lipinski definition) is 1. The summed E-state index contributed by atoms with van der Waals surface area (Å²) in [6, 6.07) is 9.45. The summed E-state index contributed by atoms with van der Waals surface area (Å²) in [5.74, 6) is 1.53. The molecule has 3 nitrogen and oxygen atoms in total. The van der Waals surface area contributed by atoms with Gasteiger partial charge in [0.1, 0.15) is 0 Å². The van der Waals surface area contributed by atoms with Gasteiger partial charge in [0.2, 0.25) is 5.88 Å². The first-order chi connectivity index (χ1) is 11.1. The van der Waals surface area contributed by atoms with E-state index in [0.717, 1.165) is 19.5 Å². The van der Waals surface area contributed by atoms with Crippen molar-refractivity contribution in [3.8, 4) is 5.88 Å². The van der Waals surface area contributed by atoms with Gasteiger partial charge in [0.05, 0.1) is 21.7 Å². The lowest BCUT2D eigenvalue weighted by molar-refractivity contribution is 0.267. The minimum absolute atomic E-state index is 0.423. The van der Waals surface area contributed by atoms with Gasteiger partial charge in [0, 0.05) is 24.7 Å². The van der Waals surface area contributed by atoms with E-state index < -0.39 is 0 Å². The summed E-state index contributed by atoms with van der Waals surface area (Å²) in [5, 5.41) is 5.26. The lowest BCUT2D eigenvalue weighted by Crippen LogP contribution is -2.15. The highest BCUT2D eigenvalue weighted by Crippen LogP contribution is 2.34. The van der Waals surface area contributed by atoms with Crippen LogP contribution in [-0.4, -0.2) is 24.7 Å². The van der Waals surface area contributed by atoms with Gasteiger partial charge in [-0.2, -0.15) is 0 Å². The summed E-state index contributed by atoms with van der Waals surface area (Å²) in [5.41, 5.74) is 1.22. The number of hydrogen-bond acceptors (Lipinski definition) is 3. The first-order valence-electron chi connectivity index (χ1n) is 7.53. The number of benzene rings is 1. The van der Waals surface area contributed by atoms with E-state index in [0.29, 0.717) is 39.4 Å². The number of rotatable bonds is 5. The summed E-state index contributed by atoms with van der Waals surface area (Å²) >= 11 is 18.0. The van der Waals surface area contributed by atoms with Crippen LogP contribution < -0.4 is 10.1 Å². The van der Waals surface area contributed by atoms with E-state index in [-0.39, 0.29) is 0 Å². The fourth-order valence-corrected chi connectivity index (χ4v) is 3.35. The quantitative estimate of drug-likeness (QED) is 0.818. The van der Waals surface area contributed by atoms with E-state index in [1.165, 1.54) is 5.56 Å². The predicted molar refractivity (Wildman–Crippen MR) is 94.9 cm³/mol. The molecule has 1 aliphatic rings. The van der Waals surface area contributed by atoms with E-state index in [4.69, 9.17) is 39.5 Å². The summed E-state index contributed by atoms with van der Waals surface area (Å²) in [6.45, 7) is 2.54. The minimum Gasteiger partial charge on any atom is -0.478 e. The molecule has 1 aliphatic heterocycles. The van der Waals surface area contributed by atoms with Crippen molar-refractivity contribution in [2.24, 2.45) is 5.92 Å². The van der Waals surface area contributed by atoms with E-state index in [9.17, 15) is 0 Å². The molecule has 0 unspecified atom stereocenters. The molecule has 1 N–H and O–H groups in total. The average molecular weight is 372 g/mol. The monoisotopic (exact) mass is 370 g/mol. The van der Waals surface area contributed by atoms with Crippen molar-refractivity contribution in [2.75, 3.05) is 19.7 Å². The maximum atomic E-state index is 6.14. The summed E-state index contributed by atoms with van der Waals surface area (Å²) in [6.07, 6.45) is 2.54. The van der Waals surface area contributed by atoms with Crippen LogP contribution in [0.25, 0.3) is 0 Å². The zero-order valence-electron chi connectivity index (χ0n) is 12.4. The van der Waals surface area contributed by atoms with Gasteiger partial charge in [-0.25, -0.2) is 4.98 Å². The van der Waals surface area contributed by atoms with Crippen LogP contribution in [0.4, 0.5) is 0 Å². The van der Waals surface area contributed by atoms with Crippen molar-refractivity contribution in [1.29, 1.82) is 0 Å². The Labute approximate surface area is 150 Å². The van der Waals surface area contributed by atoms with Gasteiger partial charge >= 0.3 is 0 Å². The van der Waals surface area contributed by atoms with Crippen molar-refractivity contribution < 1.29 is 4.74 Å². The Bertz CT molecular complexity index is 663. The topological polar surface area (TPSA) is 34.1 Å². The molecule has 0 aliphatic carbocycles. The molecule has 23 heavy (non-hydrogen) atoms. The molecule has 1 saturated heterocycles. The SMILES string of the molecule is Clc1ccc(OCC[C@@H]2CNC[C@@H]2c2ccc(Cl)c(Cl)c2)nc1. The van der Waals surface area contributed by atoms with Crippen LogP contribution in [0.15, 0.2) is 36.5 Å². The normalized spacial score (nSPS) is 20.7. The molecule has 0 spiro atoms. The molecule has 6 heteroatoms. The maximum Gasteiger partial charge on any atom is 0.213 e. The van der Waals surface area contributed by atoms with Gasteiger partial charge in [0.15, 0.2) is 0 Å². The van der Waals surface area contributed by atoms with Crippen LogP contribution in [-0.2, 0) is 0 Å². The molecule has 2 heterocycles. The Balaban J connectivity index is 1.58. The smallest absolute Gasteiger partial charge is 0.213 e. The second kappa shape index (κ2) is 7.71. The average Bonchev–Trinajstić information content (AvgIpc) is 3.00. The van der Waals surface area contributed by atoms with Crippen LogP contribution in [0.1, 0.15) is 17.9 Å². The largest absolute Gasteiger partial charge is 0.478 e. The zero-order valence-corrected chi connectivity index (χ0v) is 14.7. The molecule has 0 saturated carbocycles. The van der Waals surface area contributed by atoms with Crippen LogP contribution in [0.2, 0.25) is 15.1 Å². The van der Waals surface area contributed by atoms with Crippen LogP contribution in [0, 0.1) is 5.92 Å². The molecule has 2 aromatic rings. The fraction of sp³-hybridized carbons (Fsp3) is 0.353.